The number of amides is 2. The first kappa shape index (κ1) is 18.9. The molecule has 1 aliphatic carbocycles. The molecule has 0 unspecified atom stereocenters. The van der Waals surface area contributed by atoms with E-state index in [0.29, 0.717) is 25.1 Å². The zero-order chi connectivity index (χ0) is 20.8. The number of likely N-dealkylation sites (tertiary alicyclic amines) is 1. The van der Waals surface area contributed by atoms with E-state index in [1.54, 1.807) is 19.2 Å². The van der Waals surface area contributed by atoms with Crippen molar-refractivity contribution in [1.82, 2.24) is 15.2 Å². The van der Waals surface area contributed by atoms with Crippen LogP contribution < -0.4 is 5.32 Å². The maximum absolute atomic E-state index is 13.0. The molecule has 1 aromatic heterocycles. The van der Waals surface area contributed by atoms with Crippen LogP contribution in [0.4, 0.5) is 0 Å². The Morgan fingerprint density at radius 1 is 1.07 bits per heavy atom. The molecule has 1 saturated heterocycles. The summed E-state index contributed by atoms with van der Waals surface area (Å²) in [6, 6.07) is 17.2. The Labute approximate surface area is 175 Å². The fourth-order valence-electron chi connectivity index (χ4n) is 4.69. The zero-order valence-electron chi connectivity index (χ0n) is 17.0. The molecule has 2 aromatic carbocycles. The number of methoxy groups -OCH3 is 1. The Kier molecular flexibility index (Phi) is 4.40. The van der Waals surface area contributed by atoms with E-state index in [0.717, 1.165) is 29.3 Å². The van der Waals surface area contributed by atoms with Crippen LogP contribution in [-0.4, -0.2) is 53.0 Å². The second-order valence-corrected chi connectivity index (χ2v) is 8.39. The van der Waals surface area contributed by atoms with E-state index in [-0.39, 0.29) is 17.4 Å². The SMILES string of the molecule is COC1(C2(NC(=O)c3ccccc3)CN(C(=O)Cc3c[nH]c4ccccc34)C2)CC1. The molecule has 2 fully saturated rings. The Balaban J connectivity index is 1.31. The maximum Gasteiger partial charge on any atom is 0.251 e. The number of benzene rings is 2. The number of para-hydroxylation sites is 1. The summed E-state index contributed by atoms with van der Waals surface area (Å²) in [5.74, 6) is -0.0566. The molecule has 0 radical (unpaired) electrons. The van der Waals surface area contributed by atoms with Crippen LogP contribution in [-0.2, 0) is 16.0 Å². The molecule has 2 N–H and O–H groups in total. The van der Waals surface area contributed by atoms with Crippen LogP contribution in [0.5, 0.6) is 0 Å². The van der Waals surface area contributed by atoms with Gasteiger partial charge in [-0.2, -0.15) is 0 Å². The Morgan fingerprint density at radius 3 is 2.47 bits per heavy atom. The molecule has 0 atom stereocenters. The average Bonchev–Trinajstić information content (AvgIpc) is 3.46. The second-order valence-electron chi connectivity index (χ2n) is 8.39. The molecule has 6 heteroatoms. The number of fused-ring (bicyclic) bond motifs is 1. The van der Waals surface area contributed by atoms with Crippen LogP contribution >= 0.6 is 0 Å². The Morgan fingerprint density at radius 2 is 1.77 bits per heavy atom. The number of rotatable bonds is 6. The van der Waals surface area contributed by atoms with Crippen LogP contribution in [0.1, 0.15) is 28.8 Å². The van der Waals surface area contributed by atoms with Crippen LogP contribution in [0.3, 0.4) is 0 Å². The number of hydrogen-bond acceptors (Lipinski definition) is 3. The highest BCUT2D eigenvalue weighted by molar-refractivity contribution is 5.95. The van der Waals surface area contributed by atoms with Crippen LogP contribution in [0, 0.1) is 0 Å². The summed E-state index contributed by atoms with van der Waals surface area (Å²) >= 11 is 0. The standard InChI is InChI=1S/C24H25N3O3/c1-30-24(11-12-24)23(26-22(29)17-7-3-2-4-8-17)15-27(16-23)21(28)13-18-14-25-20-10-6-5-9-19(18)20/h2-10,14,25H,11-13,15-16H2,1H3,(H,26,29). The highest BCUT2D eigenvalue weighted by atomic mass is 16.5. The van der Waals surface area contributed by atoms with Gasteiger partial charge >= 0.3 is 0 Å². The topological polar surface area (TPSA) is 74.4 Å². The summed E-state index contributed by atoms with van der Waals surface area (Å²) < 4.78 is 5.83. The van der Waals surface area contributed by atoms with Crippen LogP contribution in [0.2, 0.25) is 0 Å². The number of hydrogen-bond donors (Lipinski definition) is 2. The average molecular weight is 403 g/mol. The van der Waals surface area contributed by atoms with Crippen molar-refractivity contribution in [3.8, 4) is 0 Å². The molecule has 2 aliphatic rings. The van der Waals surface area contributed by atoms with Gasteiger partial charge in [0.1, 0.15) is 5.54 Å². The largest absolute Gasteiger partial charge is 0.376 e. The summed E-state index contributed by atoms with van der Waals surface area (Å²) in [6.45, 7) is 0.946. The first-order valence-electron chi connectivity index (χ1n) is 10.3. The highest BCUT2D eigenvalue weighted by Crippen LogP contribution is 2.51. The third kappa shape index (κ3) is 2.99. The predicted molar refractivity (Wildman–Crippen MR) is 114 cm³/mol. The van der Waals surface area contributed by atoms with Crippen molar-refractivity contribution >= 4 is 22.7 Å². The van der Waals surface area contributed by atoms with Gasteiger partial charge in [-0.25, -0.2) is 0 Å². The second kappa shape index (κ2) is 6.99. The zero-order valence-corrected chi connectivity index (χ0v) is 17.0. The summed E-state index contributed by atoms with van der Waals surface area (Å²) in [6.07, 6.45) is 4.03. The minimum Gasteiger partial charge on any atom is -0.376 e. The molecular formula is C24H25N3O3. The Bertz CT molecular complexity index is 1100. The molecule has 2 heterocycles. The maximum atomic E-state index is 13.0. The molecule has 3 aromatic rings. The number of aromatic nitrogens is 1. The lowest BCUT2D eigenvalue weighted by Gasteiger charge is -2.54. The first-order chi connectivity index (χ1) is 14.6. The molecule has 2 amide bonds. The normalized spacial score (nSPS) is 18.6. The summed E-state index contributed by atoms with van der Waals surface area (Å²) in [5.41, 5.74) is 1.73. The van der Waals surface area contributed by atoms with E-state index in [9.17, 15) is 9.59 Å². The van der Waals surface area contributed by atoms with E-state index < -0.39 is 5.54 Å². The number of nitrogens with zero attached hydrogens (tertiary/aromatic N) is 1. The molecule has 0 bridgehead atoms. The van der Waals surface area contributed by atoms with E-state index in [4.69, 9.17) is 4.74 Å². The van der Waals surface area contributed by atoms with E-state index >= 15 is 0 Å². The van der Waals surface area contributed by atoms with Gasteiger partial charge in [-0.15, -0.1) is 0 Å². The Hall–Kier alpha value is -3.12. The number of H-pyrrole nitrogens is 1. The van der Waals surface area contributed by atoms with Crippen molar-refractivity contribution < 1.29 is 14.3 Å². The minimum atomic E-state index is -0.537. The molecule has 1 aliphatic heterocycles. The number of carbonyl (C=O) groups is 2. The van der Waals surface area contributed by atoms with E-state index in [1.165, 1.54) is 0 Å². The third-order valence-corrected chi connectivity index (χ3v) is 6.65. The third-order valence-electron chi connectivity index (χ3n) is 6.65. The van der Waals surface area contributed by atoms with Gasteiger partial charge in [0.2, 0.25) is 5.91 Å². The first-order valence-corrected chi connectivity index (χ1v) is 10.3. The lowest BCUT2D eigenvalue weighted by atomic mass is 9.80. The number of ether oxygens (including phenoxy) is 1. The molecule has 0 spiro atoms. The lowest BCUT2D eigenvalue weighted by Crippen LogP contribution is -2.77. The van der Waals surface area contributed by atoms with Crippen molar-refractivity contribution in [2.75, 3.05) is 20.2 Å². The van der Waals surface area contributed by atoms with Gasteiger partial charge in [-0.1, -0.05) is 36.4 Å². The fraction of sp³-hybridized carbons (Fsp3) is 0.333. The minimum absolute atomic E-state index is 0.0660. The van der Waals surface area contributed by atoms with Crippen molar-refractivity contribution in [2.24, 2.45) is 0 Å². The molecule has 5 rings (SSSR count). The molecule has 154 valence electrons. The van der Waals surface area contributed by atoms with E-state index in [2.05, 4.69) is 10.3 Å². The van der Waals surface area contributed by atoms with Crippen LogP contribution in [0.15, 0.2) is 60.8 Å². The van der Waals surface area contributed by atoms with Crippen LogP contribution in [0.25, 0.3) is 10.9 Å². The van der Waals surface area contributed by atoms with Crippen molar-refractivity contribution in [3.05, 3.63) is 71.9 Å². The van der Waals surface area contributed by atoms with Gasteiger partial charge in [-0.3, -0.25) is 9.59 Å². The van der Waals surface area contributed by atoms with Gasteiger partial charge in [-0.05, 0) is 36.6 Å². The smallest absolute Gasteiger partial charge is 0.251 e. The summed E-state index contributed by atoms with van der Waals surface area (Å²) in [5, 5.41) is 4.28. The summed E-state index contributed by atoms with van der Waals surface area (Å²) in [4.78, 5) is 30.9. The fourth-order valence-corrected chi connectivity index (χ4v) is 4.69. The number of aromatic amines is 1. The summed E-state index contributed by atoms with van der Waals surface area (Å²) in [7, 11) is 1.69. The molecular weight excluding hydrogens is 378 g/mol. The quantitative estimate of drug-likeness (QED) is 0.665. The predicted octanol–water partition coefficient (Wildman–Crippen LogP) is 2.90. The monoisotopic (exact) mass is 403 g/mol. The van der Waals surface area contributed by atoms with Gasteiger partial charge in [0.05, 0.1) is 12.0 Å². The van der Waals surface area contributed by atoms with Crippen molar-refractivity contribution in [2.45, 2.75) is 30.4 Å². The lowest BCUT2D eigenvalue weighted by molar-refractivity contribution is -0.147. The molecule has 1 saturated carbocycles. The van der Waals surface area contributed by atoms with Gasteiger partial charge in [0.15, 0.2) is 0 Å². The van der Waals surface area contributed by atoms with E-state index in [1.807, 2.05) is 53.6 Å². The number of nitrogens with one attached hydrogen (secondary N) is 2. The highest BCUT2D eigenvalue weighted by Gasteiger charge is 2.66. The van der Waals surface area contributed by atoms with Gasteiger partial charge in [0.25, 0.3) is 5.91 Å². The van der Waals surface area contributed by atoms with Gasteiger partial charge in [0, 0.05) is 42.9 Å². The number of carbonyl (C=O) groups excluding carboxylic acids is 2. The van der Waals surface area contributed by atoms with Crippen molar-refractivity contribution in [1.29, 1.82) is 0 Å². The molecule has 30 heavy (non-hydrogen) atoms. The van der Waals surface area contributed by atoms with Crippen molar-refractivity contribution in [3.63, 3.8) is 0 Å². The molecule has 6 nitrogen and oxygen atoms in total. The van der Waals surface area contributed by atoms with Gasteiger partial charge < -0.3 is 19.9 Å².